The lowest BCUT2D eigenvalue weighted by atomic mass is 10.2. The summed E-state index contributed by atoms with van der Waals surface area (Å²) in [6, 6.07) is 7.64. The summed E-state index contributed by atoms with van der Waals surface area (Å²) >= 11 is 0. The molecule has 22 heavy (non-hydrogen) atoms. The standard InChI is InChI=1S/C15H22N2O4S/c1-4-5-11-13(18)16-14(15(19)17(2)3)22(20,21)12-9-7-6-8-10-12/h6-10,14H,4-5,11H2,1-3H3,(H,16,18). The zero-order valence-corrected chi connectivity index (χ0v) is 13.9. The van der Waals surface area contributed by atoms with Crippen LogP contribution in [0, 0.1) is 0 Å². The average Bonchev–Trinajstić information content (AvgIpc) is 2.50. The van der Waals surface area contributed by atoms with Gasteiger partial charge in [-0.3, -0.25) is 9.59 Å². The van der Waals surface area contributed by atoms with Crippen molar-refractivity contribution in [2.75, 3.05) is 14.1 Å². The van der Waals surface area contributed by atoms with Crippen LogP contribution >= 0.6 is 0 Å². The number of carbonyl (C=O) groups is 2. The fraction of sp³-hybridized carbons (Fsp3) is 0.467. The number of amides is 2. The van der Waals surface area contributed by atoms with Crippen LogP contribution < -0.4 is 5.32 Å². The monoisotopic (exact) mass is 326 g/mol. The van der Waals surface area contributed by atoms with Gasteiger partial charge in [0.05, 0.1) is 4.90 Å². The average molecular weight is 326 g/mol. The highest BCUT2D eigenvalue weighted by molar-refractivity contribution is 7.92. The third kappa shape index (κ3) is 4.56. The maximum Gasteiger partial charge on any atom is 0.260 e. The van der Waals surface area contributed by atoms with E-state index in [4.69, 9.17) is 0 Å². The maximum atomic E-state index is 12.6. The summed E-state index contributed by atoms with van der Waals surface area (Å²) in [6.45, 7) is 1.93. The molecule has 6 nitrogen and oxygen atoms in total. The van der Waals surface area contributed by atoms with E-state index in [-0.39, 0.29) is 11.3 Å². The molecule has 0 saturated heterocycles. The Kier molecular flexibility index (Phi) is 6.55. The topological polar surface area (TPSA) is 83.6 Å². The molecule has 2 amide bonds. The minimum Gasteiger partial charge on any atom is -0.346 e. The lowest BCUT2D eigenvalue weighted by molar-refractivity contribution is -0.132. The minimum absolute atomic E-state index is 0.00555. The molecule has 0 aliphatic heterocycles. The van der Waals surface area contributed by atoms with Crippen LogP contribution in [0.5, 0.6) is 0 Å². The van der Waals surface area contributed by atoms with Gasteiger partial charge in [0.15, 0.2) is 0 Å². The zero-order valence-electron chi connectivity index (χ0n) is 13.1. The number of hydrogen-bond acceptors (Lipinski definition) is 4. The minimum atomic E-state index is -3.99. The van der Waals surface area contributed by atoms with Gasteiger partial charge in [-0.1, -0.05) is 31.5 Å². The van der Waals surface area contributed by atoms with Gasteiger partial charge in [0.2, 0.25) is 21.1 Å². The predicted octanol–water partition coefficient (Wildman–Crippen LogP) is 1.18. The first-order valence-electron chi connectivity index (χ1n) is 7.10. The van der Waals surface area contributed by atoms with Crippen molar-refractivity contribution in [3.8, 4) is 0 Å². The second-order valence-electron chi connectivity index (χ2n) is 5.14. The van der Waals surface area contributed by atoms with Crippen LogP contribution in [0.3, 0.4) is 0 Å². The van der Waals surface area contributed by atoms with Gasteiger partial charge in [-0.05, 0) is 18.6 Å². The molecule has 1 unspecified atom stereocenters. The molecule has 0 bridgehead atoms. The lowest BCUT2D eigenvalue weighted by Crippen LogP contribution is -2.50. The van der Waals surface area contributed by atoms with Crippen molar-refractivity contribution in [3.05, 3.63) is 30.3 Å². The molecule has 0 aromatic heterocycles. The number of rotatable bonds is 7. The zero-order chi connectivity index (χ0) is 16.8. The van der Waals surface area contributed by atoms with E-state index in [1.165, 1.54) is 26.2 Å². The molecular formula is C15H22N2O4S. The van der Waals surface area contributed by atoms with Crippen LogP contribution in [0.2, 0.25) is 0 Å². The first-order chi connectivity index (χ1) is 10.3. The Balaban J connectivity index is 3.10. The number of hydrogen-bond donors (Lipinski definition) is 1. The van der Waals surface area contributed by atoms with E-state index in [0.717, 1.165) is 11.3 Å². The van der Waals surface area contributed by atoms with E-state index in [0.29, 0.717) is 6.42 Å². The van der Waals surface area contributed by atoms with Gasteiger partial charge in [-0.2, -0.15) is 0 Å². The Labute approximate surface area is 131 Å². The fourth-order valence-electron chi connectivity index (χ4n) is 1.81. The van der Waals surface area contributed by atoms with E-state index >= 15 is 0 Å². The molecule has 1 N–H and O–H groups in total. The first kappa shape index (κ1) is 18.2. The van der Waals surface area contributed by atoms with Crippen molar-refractivity contribution in [2.45, 2.75) is 36.5 Å². The van der Waals surface area contributed by atoms with Crippen LogP contribution in [0.15, 0.2) is 35.2 Å². The third-order valence-corrected chi connectivity index (χ3v) is 4.97. The smallest absolute Gasteiger partial charge is 0.260 e. The van der Waals surface area contributed by atoms with Crippen molar-refractivity contribution in [3.63, 3.8) is 0 Å². The van der Waals surface area contributed by atoms with Crippen molar-refractivity contribution >= 4 is 21.7 Å². The highest BCUT2D eigenvalue weighted by Crippen LogP contribution is 2.16. The van der Waals surface area contributed by atoms with Crippen molar-refractivity contribution < 1.29 is 18.0 Å². The highest BCUT2D eigenvalue weighted by Gasteiger charge is 2.36. The number of benzene rings is 1. The molecule has 1 atom stereocenters. The van der Waals surface area contributed by atoms with Crippen molar-refractivity contribution in [1.82, 2.24) is 10.2 Å². The molecule has 0 heterocycles. The molecule has 0 saturated carbocycles. The summed E-state index contributed by atoms with van der Waals surface area (Å²) in [5.41, 5.74) is 0. The third-order valence-electron chi connectivity index (χ3n) is 3.10. The second kappa shape index (κ2) is 7.93. The Morgan fingerprint density at radius 3 is 2.27 bits per heavy atom. The summed E-state index contributed by atoms with van der Waals surface area (Å²) in [6.07, 6.45) is 1.64. The molecule has 0 radical (unpaired) electrons. The molecule has 0 fully saturated rings. The maximum absolute atomic E-state index is 12.6. The van der Waals surface area contributed by atoms with Gasteiger partial charge in [-0.15, -0.1) is 0 Å². The fourth-order valence-corrected chi connectivity index (χ4v) is 3.38. The number of nitrogens with zero attached hydrogens (tertiary/aromatic N) is 1. The normalized spacial score (nSPS) is 12.5. The van der Waals surface area contributed by atoms with Crippen LogP contribution in [0.1, 0.15) is 26.2 Å². The number of sulfone groups is 1. The quantitative estimate of drug-likeness (QED) is 0.815. The SMILES string of the molecule is CCCCC(=O)NC(C(=O)N(C)C)S(=O)(=O)c1ccccc1. The molecule has 7 heteroatoms. The molecule has 1 aromatic carbocycles. The summed E-state index contributed by atoms with van der Waals surface area (Å²) in [5, 5.41) is 0.751. The van der Waals surface area contributed by atoms with E-state index in [1.54, 1.807) is 18.2 Å². The number of nitrogens with one attached hydrogen (secondary N) is 1. The van der Waals surface area contributed by atoms with Crippen molar-refractivity contribution in [1.29, 1.82) is 0 Å². The van der Waals surface area contributed by atoms with Gasteiger partial charge >= 0.3 is 0 Å². The van der Waals surface area contributed by atoms with Crippen molar-refractivity contribution in [2.24, 2.45) is 0 Å². The second-order valence-corrected chi connectivity index (χ2v) is 7.17. The molecular weight excluding hydrogens is 304 g/mol. The summed E-state index contributed by atoms with van der Waals surface area (Å²) < 4.78 is 25.3. The summed E-state index contributed by atoms with van der Waals surface area (Å²) in [4.78, 5) is 25.2. The molecule has 0 aliphatic rings. The van der Waals surface area contributed by atoms with Gasteiger partial charge in [-0.25, -0.2) is 8.42 Å². The van der Waals surface area contributed by atoms with Gasteiger partial charge in [0.1, 0.15) is 0 Å². The van der Waals surface area contributed by atoms with E-state index in [9.17, 15) is 18.0 Å². The highest BCUT2D eigenvalue weighted by atomic mass is 32.2. The van der Waals surface area contributed by atoms with E-state index in [2.05, 4.69) is 5.32 Å². The number of carbonyl (C=O) groups excluding carboxylic acids is 2. The van der Waals surface area contributed by atoms with Gasteiger partial charge < -0.3 is 10.2 Å². The first-order valence-corrected chi connectivity index (χ1v) is 8.64. The van der Waals surface area contributed by atoms with Crippen LogP contribution in [-0.4, -0.2) is 44.6 Å². The van der Waals surface area contributed by atoms with E-state index < -0.39 is 27.0 Å². The van der Waals surface area contributed by atoms with Gasteiger partial charge in [0.25, 0.3) is 5.91 Å². The number of unbranched alkanes of at least 4 members (excludes halogenated alkanes) is 1. The number of likely N-dealkylation sites (N-methyl/N-ethyl adjacent to an activating group) is 1. The molecule has 0 aliphatic carbocycles. The van der Waals surface area contributed by atoms with Crippen LogP contribution in [-0.2, 0) is 19.4 Å². The largest absolute Gasteiger partial charge is 0.346 e. The molecule has 122 valence electrons. The molecule has 0 spiro atoms. The lowest BCUT2D eigenvalue weighted by Gasteiger charge is -2.22. The molecule has 1 aromatic rings. The summed E-state index contributed by atoms with van der Waals surface area (Å²) in [5.74, 6) is -1.12. The van der Waals surface area contributed by atoms with E-state index in [1.807, 2.05) is 6.92 Å². The Morgan fingerprint density at radius 1 is 1.18 bits per heavy atom. The Morgan fingerprint density at radius 2 is 1.77 bits per heavy atom. The summed E-state index contributed by atoms with van der Waals surface area (Å²) in [7, 11) is -1.08. The Hall–Kier alpha value is -1.89. The molecule has 1 rings (SSSR count). The van der Waals surface area contributed by atoms with Crippen LogP contribution in [0.4, 0.5) is 0 Å². The van der Waals surface area contributed by atoms with Crippen LogP contribution in [0.25, 0.3) is 0 Å². The Bertz CT molecular complexity index is 612. The van der Waals surface area contributed by atoms with Gasteiger partial charge in [0, 0.05) is 20.5 Å². The predicted molar refractivity (Wildman–Crippen MR) is 83.8 cm³/mol.